The molecule has 0 bridgehead atoms. The predicted octanol–water partition coefficient (Wildman–Crippen LogP) is 2.22. The zero-order chi connectivity index (χ0) is 11.4. The van der Waals surface area contributed by atoms with Crippen molar-refractivity contribution in [3.8, 4) is 0 Å². The third-order valence-corrected chi connectivity index (χ3v) is 2.36. The highest BCUT2D eigenvalue weighted by molar-refractivity contribution is 5.43. The average molecular weight is 219 g/mol. The molecular formula is C12H14FN3. The molecule has 3 nitrogen and oxygen atoms in total. The molecule has 0 spiro atoms. The van der Waals surface area contributed by atoms with Crippen molar-refractivity contribution >= 4 is 5.69 Å². The van der Waals surface area contributed by atoms with Crippen LogP contribution in [0.2, 0.25) is 0 Å². The van der Waals surface area contributed by atoms with Crippen LogP contribution >= 0.6 is 0 Å². The first-order valence-corrected chi connectivity index (χ1v) is 5.13. The number of nitrogens with two attached hydrogens (primary N) is 1. The molecule has 0 fully saturated rings. The second-order valence-electron chi connectivity index (χ2n) is 3.60. The Morgan fingerprint density at radius 1 is 1.25 bits per heavy atom. The van der Waals surface area contributed by atoms with Crippen molar-refractivity contribution in [2.45, 2.75) is 13.1 Å². The van der Waals surface area contributed by atoms with Gasteiger partial charge in [-0.1, -0.05) is 0 Å². The van der Waals surface area contributed by atoms with Crippen molar-refractivity contribution in [3.63, 3.8) is 0 Å². The Morgan fingerprint density at radius 2 is 2.00 bits per heavy atom. The Kier molecular flexibility index (Phi) is 3.22. The molecule has 0 aliphatic carbocycles. The number of nitrogens with one attached hydrogen (secondary N) is 2. The standard InChI is InChI=1S/C12H14FN3/c13-10-1-3-11(4-2-10)15-7-9-5-12(6-14)16-8-9/h1-5,8,15-16H,6-7,14H2. The molecule has 0 aliphatic rings. The Balaban J connectivity index is 1.94. The fraction of sp³-hybridized carbons (Fsp3) is 0.167. The number of hydrogen-bond acceptors (Lipinski definition) is 2. The lowest BCUT2D eigenvalue weighted by molar-refractivity contribution is 0.628. The Labute approximate surface area is 93.5 Å². The van der Waals surface area contributed by atoms with Crippen molar-refractivity contribution in [2.24, 2.45) is 5.73 Å². The monoisotopic (exact) mass is 219 g/mol. The highest BCUT2D eigenvalue weighted by Crippen LogP contribution is 2.10. The molecule has 0 aliphatic heterocycles. The molecule has 1 aromatic heterocycles. The van der Waals surface area contributed by atoms with E-state index < -0.39 is 0 Å². The molecule has 4 N–H and O–H groups in total. The molecular weight excluding hydrogens is 205 g/mol. The molecule has 0 saturated carbocycles. The van der Waals surface area contributed by atoms with Gasteiger partial charge in [0, 0.05) is 30.7 Å². The number of rotatable bonds is 4. The zero-order valence-electron chi connectivity index (χ0n) is 8.83. The molecule has 0 radical (unpaired) electrons. The normalized spacial score (nSPS) is 10.4. The zero-order valence-corrected chi connectivity index (χ0v) is 8.83. The van der Waals surface area contributed by atoms with Crippen molar-refractivity contribution in [3.05, 3.63) is 53.6 Å². The molecule has 1 aromatic carbocycles. The number of benzene rings is 1. The van der Waals surface area contributed by atoms with Crippen LogP contribution in [0.4, 0.5) is 10.1 Å². The van der Waals surface area contributed by atoms with E-state index in [9.17, 15) is 4.39 Å². The van der Waals surface area contributed by atoms with E-state index in [0.29, 0.717) is 13.1 Å². The summed E-state index contributed by atoms with van der Waals surface area (Å²) in [6, 6.07) is 8.31. The lowest BCUT2D eigenvalue weighted by Gasteiger charge is -2.04. The molecule has 2 rings (SSSR count). The minimum Gasteiger partial charge on any atom is -0.381 e. The highest BCUT2D eigenvalue weighted by Gasteiger charge is 1.98. The van der Waals surface area contributed by atoms with Crippen LogP contribution in [0.5, 0.6) is 0 Å². The number of aromatic amines is 1. The van der Waals surface area contributed by atoms with Crippen LogP contribution < -0.4 is 11.1 Å². The van der Waals surface area contributed by atoms with Crippen molar-refractivity contribution in [1.82, 2.24) is 4.98 Å². The number of anilines is 1. The maximum absolute atomic E-state index is 12.7. The van der Waals surface area contributed by atoms with Gasteiger partial charge in [-0.05, 0) is 35.9 Å². The van der Waals surface area contributed by atoms with Crippen molar-refractivity contribution < 1.29 is 4.39 Å². The summed E-state index contributed by atoms with van der Waals surface area (Å²) < 4.78 is 12.7. The van der Waals surface area contributed by atoms with E-state index in [0.717, 1.165) is 16.9 Å². The van der Waals surface area contributed by atoms with E-state index in [1.54, 1.807) is 12.1 Å². The van der Waals surface area contributed by atoms with Gasteiger partial charge in [0.2, 0.25) is 0 Å². The second-order valence-corrected chi connectivity index (χ2v) is 3.60. The lowest BCUT2D eigenvalue weighted by atomic mass is 10.2. The van der Waals surface area contributed by atoms with E-state index in [-0.39, 0.29) is 5.82 Å². The van der Waals surface area contributed by atoms with Crippen molar-refractivity contribution in [2.75, 3.05) is 5.32 Å². The Hall–Kier alpha value is -1.81. The smallest absolute Gasteiger partial charge is 0.123 e. The van der Waals surface area contributed by atoms with Gasteiger partial charge in [-0.15, -0.1) is 0 Å². The number of hydrogen-bond donors (Lipinski definition) is 3. The topological polar surface area (TPSA) is 53.8 Å². The summed E-state index contributed by atoms with van der Waals surface area (Å²) in [6.07, 6.45) is 1.92. The van der Waals surface area contributed by atoms with Crippen LogP contribution in [-0.2, 0) is 13.1 Å². The Morgan fingerprint density at radius 3 is 2.62 bits per heavy atom. The van der Waals surface area contributed by atoms with Gasteiger partial charge < -0.3 is 16.0 Å². The SMILES string of the molecule is NCc1cc(CNc2ccc(F)cc2)c[nH]1. The van der Waals surface area contributed by atoms with Gasteiger partial charge in [-0.25, -0.2) is 4.39 Å². The summed E-state index contributed by atoms with van der Waals surface area (Å²) in [5, 5.41) is 3.20. The van der Waals surface area contributed by atoms with Crippen LogP contribution in [0.3, 0.4) is 0 Å². The largest absolute Gasteiger partial charge is 0.381 e. The van der Waals surface area contributed by atoms with Crippen LogP contribution in [0.15, 0.2) is 36.5 Å². The number of aromatic nitrogens is 1. The third kappa shape index (κ3) is 2.61. The summed E-state index contributed by atoms with van der Waals surface area (Å²) >= 11 is 0. The molecule has 2 aromatic rings. The minimum absolute atomic E-state index is 0.224. The first kappa shape index (κ1) is 10.7. The summed E-state index contributed by atoms with van der Waals surface area (Å²) in [4.78, 5) is 3.08. The lowest BCUT2D eigenvalue weighted by Crippen LogP contribution is -1.98. The number of H-pyrrole nitrogens is 1. The molecule has 4 heteroatoms. The van der Waals surface area contributed by atoms with Gasteiger partial charge in [0.15, 0.2) is 0 Å². The van der Waals surface area contributed by atoms with Crippen LogP contribution in [0.25, 0.3) is 0 Å². The second kappa shape index (κ2) is 4.81. The van der Waals surface area contributed by atoms with Gasteiger partial charge in [-0.2, -0.15) is 0 Å². The average Bonchev–Trinajstić information content (AvgIpc) is 2.76. The minimum atomic E-state index is -0.224. The molecule has 0 atom stereocenters. The third-order valence-electron chi connectivity index (χ3n) is 2.36. The summed E-state index contributed by atoms with van der Waals surface area (Å²) in [7, 11) is 0. The van der Waals surface area contributed by atoms with Gasteiger partial charge in [0.05, 0.1) is 0 Å². The van der Waals surface area contributed by atoms with Gasteiger partial charge in [0.1, 0.15) is 5.82 Å². The van der Waals surface area contributed by atoms with Crippen LogP contribution in [-0.4, -0.2) is 4.98 Å². The first-order chi connectivity index (χ1) is 7.78. The molecule has 16 heavy (non-hydrogen) atoms. The molecule has 1 heterocycles. The van der Waals surface area contributed by atoms with Gasteiger partial charge in [0.25, 0.3) is 0 Å². The van der Waals surface area contributed by atoms with E-state index in [2.05, 4.69) is 10.3 Å². The van der Waals surface area contributed by atoms with E-state index >= 15 is 0 Å². The maximum atomic E-state index is 12.7. The van der Waals surface area contributed by atoms with E-state index in [1.807, 2.05) is 12.3 Å². The molecule has 0 saturated heterocycles. The maximum Gasteiger partial charge on any atom is 0.123 e. The fourth-order valence-electron chi connectivity index (χ4n) is 1.48. The highest BCUT2D eigenvalue weighted by atomic mass is 19.1. The van der Waals surface area contributed by atoms with Gasteiger partial charge in [-0.3, -0.25) is 0 Å². The fourth-order valence-corrected chi connectivity index (χ4v) is 1.48. The Bertz CT molecular complexity index is 448. The van der Waals surface area contributed by atoms with Gasteiger partial charge >= 0.3 is 0 Å². The number of halogens is 1. The summed E-state index contributed by atoms with van der Waals surface area (Å²) in [6.45, 7) is 1.21. The predicted molar refractivity (Wildman–Crippen MR) is 62.4 cm³/mol. The molecule has 84 valence electrons. The summed E-state index contributed by atoms with van der Waals surface area (Å²) in [5.41, 5.74) is 8.53. The van der Waals surface area contributed by atoms with Crippen LogP contribution in [0.1, 0.15) is 11.3 Å². The quantitative estimate of drug-likeness (QED) is 0.738. The van der Waals surface area contributed by atoms with Crippen LogP contribution in [0, 0.1) is 5.82 Å². The van der Waals surface area contributed by atoms with E-state index in [1.165, 1.54) is 12.1 Å². The van der Waals surface area contributed by atoms with Crippen molar-refractivity contribution in [1.29, 1.82) is 0 Å². The van der Waals surface area contributed by atoms with E-state index in [4.69, 9.17) is 5.73 Å². The molecule has 0 amide bonds. The molecule has 0 unspecified atom stereocenters. The first-order valence-electron chi connectivity index (χ1n) is 5.13. The summed E-state index contributed by atoms with van der Waals surface area (Å²) in [5.74, 6) is -0.224.